The molecule has 108 valence electrons. The van der Waals surface area contributed by atoms with E-state index in [-0.39, 0.29) is 27.4 Å². The van der Waals surface area contributed by atoms with E-state index >= 15 is 0 Å². The van der Waals surface area contributed by atoms with Crippen molar-refractivity contribution < 1.29 is 27.5 Å². The molecule has 1 N–H and O–H groups in total. The monoisotopic (exact) mass is 299 g/mol. The number of carbonyl (C=O) groups is 1. The van der Waals surface area contributed by atoms with Gasteiger partial charge in [0.2, 0.25) is 5.09 Å². The Balaban J connectivity index is 2.81. The molecule has 0 fully saturated rings. The average molecular weight is 299 g/mol. The molecule has 0 saturated heterocycles. The maximum absolute atomic E-state index is 12.0. The van der Waals surface area contributed by atoms with Crippen LogP contribution in [-0.2, 0) is 10.0 Å². The van der Waals surface area contributed by atoms with Crippen LogP contribution >= 0.6 is 0 Å². The molecule has 0 unspecified atom stereocenters. The van der Waals surface area contributed by atoms with Gasteiger partial charge in [-0.2, -0.15) is 0 Å². The lowest BCUT2D eigenvalue weighted by Gasteiger charge is -2.07. The van der Waals surface area contributed by atoms with E-state index in [0.717, 1.165) is 4.31 Å². The highest BCUT2D eigenvalue weighted by Crippen LogP contribution is 2.33. The summed E-state index contributed by atoms with van der Waals surface area (Å²) in [6.45, 7) is 0. The van der Waals surface area contributed by atoms with Crippen LogP contribution in [0.25, 0.3) is 11.0 Å². The molecule has 0 saturated carbocycles. The van der Waals surface area contributed by atoms with E-state index in [4.69, 9.17) is 14.3 Å². The molecule has 1 aromatic carbocycles. The van der Waals surface area contributed by atoms with Gasteiger partial charge in [-0.3, -0.25) is 0 Å². The molecular weight excluding hydrogens is 286 g/mol. The van der Waals surface area contributed by atoms with E-state index in [0.29, 0.717) is 0 Å². The van der Waals surface area contributed by atoms with Crippen LogP contribution in [0.3, 0.4) is 0 Å². The first-order valence-corrected chi connectivity index (χ1v) is 6.99. The third-order valence-corrected chi connectivity index (χ3v) is 4.48. The molecule has 8 heteroatoms. The predicted octanol–water partition coefficient (Wildman–Crippen LogP) is 1.39. The Hall–Kier alpha value is -2.06. The molecule has 2 aromatic rings. The molecule has 20 heavy (non-hydrogen) atoms. The maximum Gasteiger partial charge on any atom is 0.336 e. The molecule has 0 amide bonds. The molecule has 0 aliphatic rings. The zero-order chi connectivity index (χ0) is 15.1. The van der Waals surface area contributed by atoms with Gasteiger partial charge in [0.05, 0.1) is 12.7 Å². The van der Waals surface area contributed by atoms with Gasteiger partial charge in [-0.25, -0.2) is 17.5 Å². The normalized spacial score (nSPS) is 12.0. The van der Waals surface area contributed by atoms with Crippen molar-refractivity contribution in [1.82, 2.24) is 4.31 Å². The Morgan fingerprint density at radius 3 is 2.50 bits per heavy atom. The Morgan fingerprint density at radius 2 is 2.00 bits per heavy atom. The fourth-order valence-corrected chi connectivity index (χ4v) is 2.55. The summed E-state index contributed by atoms with van der Waals surface area (Å²) < 4.78 is 35.4. The minimum absolute atomic E-state index is 0.0512. The number of carboxylic acids is 1. The predicted molar refractivity (Wildman–Crippen MR) is 70.6 cm³/mol. The van der Waals surface area contributed by atoms with E-state index < -0.39 is 16.0 Å². The number of carboxylic acid groups (broad SMARTS) is 1. The van der Waals surface area contributed by atoms with Gasteiger partial charge < -0.3 is 14.3 Å². The van der Waals surface area contributed by atoms with E-state index in [1.807, 2.05) is 0 Å². The number of methoxy groups -OCH3 is 1. The van der Waals surface area contributed by atoms with Crippen molar-refractivity contribution in [2.75, 3.05) is 21.2 Å². The van der Waals surface area contributed by atoms with Gasteiger partial charge in [0.1, 0.15) is 0 Å². The second-order valence-corrected chi connectivity index (χ2v) is 6.30. The van der Waals surface area contributed by atoms with Crippen molar-refractivity contribution in [3.63, 3.8) is 0 Å². The molecule has 2 rings (SSSR count). The lowest BCUT2D eigenvalue weighted by Crippen LogP contribution is -2.21. The van der Waals surface area contributed by atoms with E-state index in [2.05, 4.69) is 0 Å². The van der Waals surface area contributed by atoms with Gasteiger partial charge in [-0.1, -0.05) is 0 Å². The summed E-state index contributed by atoms with van der Waals surface area (Å²) in [5.41, 5.74) is 0.0394. The lowest BCUT2D eigenvalue weighted by molar-refractivity contribution is 0.0699. The molecule has 0 aliphatic heterocycles. The standard InChI is InChI=1S/C12H13NO6S/c1-13(2)20(16,17)10-6-8-7(12(14)15)4-5-9(18-3)11(8)19-10/h4-6H,1-3H3,(H,14,15). The maximum atomic E-state index is 12.0. The fraction of sp³-hybridized carbons (Fsp3) is 0.250. The van der Waals surface area contributed by atoms with Crippen molar-refractivity contribution in [2.24, 2.45) is 0 Å². The number of fused-ring (bicyclic) bond motifs is 1. The van der Waals surface area contributed by atoms with E-state index in [1.54, 1.807) is 0 Å². The number of benzene rings is 1. The molecular formula is C12H13NO6S. The van der Waals surface area contributed by atoms with Crippen LogP contribution in [0.4, 0.5) is 0 Å². The topological polar surface area (TPSA) is 97.0 Å². The van der Waals surface area contributed by atoms with Crippen molar-refractivity contribution in [2.45, 2.75) is 5.09 Å². The minimum atomic E-state index is -3.79. The first-order chi connectivity index (χ1) is 9.28. The Morgan fingerprint density at radius 1 is 1.35 bits per heavy atom. The van der Waals surface area contributed by atoms with Gasteiger partial charge in [0, 0.05) is 25.5 Å². The van der Waals surface area contributed by atoms with Crippen LogP contribution in [0.5, 0.6) is 5.75 Å². The Labute approximate surface area is 115 Å². The zero-order valence-corrected chi connectivity index (χ0v) is 11.9. The summed E-state index contributed by atoms with van der Waals surface area (Å²) in [5.74, 6) is -0.905. The van der Waals surface area contributed by atoms with Crippen molar-refractivity contribution in [3.8, 4) is 5.75 Å². The van der Waals surface area contributed by atoms with Crippen LogP contribution in [0, 0.1) is 0 Å². The molecule has 1 heterocycles. The van der Waals surface area contributed by atoms with E-state index in [1.165, 1.54) is 39.4 Å². The number of rotatable bonds is 4. The molecule has 1 aromatic heterocycles. The second-order valence-electron chi connectivity index (χ2n) is 4.22. The zero-order valence-electron chi connectivity index (χ0n) is 11.1. The summed E-state index contributed by atoms with van der Waals surface area (Å²) >= 11 is 0. The smallest absolute Gasteiger partial charge is 0.336 e. The molecule has 0 radical (unpaired) electrons. The quantitative estimate of drug-likeness (QED) is 0.916. The van der Waals surface area contributed by atoms with Crippen LogP contribution in [0.15, 0.2) is 27.7 Å². The highest BCUT2D eigenvalue weighted by atomic mass is 32.2. The first kappa shape index (κ1) is 14.4. The van der Waals surface area contributed by atoms with Gasteiger partial charge in [0.15, 0.2) is 11.3 Å². The van der Waals surface area contributed by atoms with Crippen LogP contribution in [-0.4, -0.2) is 45.0 Å². The third-order valence-electron chi connectivity index (χ3n) is 2.81. The van der Waals surface area contributed by atoms with Gasteiger partial charge in [-0.15, -0.1) is 0 Å². The van der Waals surface area contributed by atoms with Crippen molar-refractivity contribution in [3.05, 3.63) is 23.8 Å². The van der Waals surface area contributed by atoms with Gasteiger partial charge >= 0.3 is 5.97 Å². The van der Waals surface area contributed by atoms with Crippen molar-refractivity contribution in [1.29, 1.82) is 0 Å². The van der Waals surface area contributed by atoms with Gasteiger partial charge in [0.25, 0.3) is 10.0 Å². The highest BCUT2D eigenvalue weighted by molar-refractivity contribution is 7.89. The summed E-state index contributed by atoms with van der Waals surface area (Å²) in [6.07, 6.45) is 0. The Kier molecular flexibility index (Phi) is 3.45. The molecule has 0 spiro atoms. The minimum Gasteiger partial charge on any atom is -0.493 e. The summed E-state index contributed by atoms with van der Waals surface area (Å²) in [5, 5.41) is 8.97. The molecule has 0 aliphatic carbocycles. The summed E-state index contributed by atoms with van der Waals surface area (Å²) in [7, 11) is 0.317. The number of furan rings is 1. The van der Waals surface area contributed by atoms with Crippen LogP contribution in [0.1, 0.15) is 10.4 Å². The number of nitrogens with zero attached hydrogens (tertiary/aromatic N) is 1. The number of aromatic carboxylic acids is 1. The largest absolute Gasteiger partial charge is 0.493 e. The van der Waals surface area contributed by atoms with Crippen LogP contribution < -0.4 is 4.74 Å². The highest BCUT2D eigenvalue weighted by Gasteiger charge is 2.25. The summed E-state index contributed by atoms with van der Waals surface area (Å²) in [4.78, 5) is 11.2. The number of sulfonamides is 1. The first-order valence-electron chi connectivity index (χ1n) is 5.55. The lowest BCUT2D eigenvalue weighted by atomic mass is 10.1. The number of hydrogen-bond donors (Lipinski definition) is 1. The van der Waals surface area contributed by atoms with Crippen LogP contribution in [0.2, 0.25) is 0 Å². The Bertz CT molecular complexity index is 775. The van der Waals surface area contributed by atoms with Gasteiger partial charge in [-0.05, 0) is 12.1 Å². The SMILES string of the molecule is COc1ccc(C(=O)O)c2cc(S(=O)(=O)N(C)C)oc12. The second kappa shape index (κ2) is 4.80. The fourth-order valence-electron chi connectivity index (χ4n) is 1.73. The van der Waals surface area contributed by atoms with Crippen molar-refractivity contribution >= 4 is 27.0 Å². The number of hydrogen-bond acceptors (Lipinski definition) is 5. The molecule has 0 atom stereocenters. The summed E-state index contributed by atoms with van der Waals surface area (Å²) in [6, 6.07) is 3.95. The molecule has 0 bridgehead atoms. The number of ether oxygens (including phenoxy) is 1. The average Bonchev–Trinajstić information content (AvgIpc) is 2.82. The molecule has 7 nitrogen and oxygen atoms in total. The van der Waals surface area contributed by atoms with E-state index in [9.17, 15) is 13.2 Å². The third kappa shape index (κ3) is 2.12.